The van der Waals surface area contributed by atoms with E-state index in [1.54, 1.807) is 0 Å². The number of aliphatic hydroxyl groups is 1. The number of benzene rings is 1. The minimum Gasteiger partial charge on any atom is -0.395 e. The van der Waals surface area contributed by atoms with Gasteiger partial charge in [-0.15, -0.1) is 0 Å². The van der Waals surface area contributed by atoms with Crippen molar-refractivity contribution in [2.75, 3.05) is 24.6 Å². The number of hydrogen-bond acceptors (Lipinski definition) is 3. The van der Waals surface area contributed by atoms with Crippen LogP contribution in [0.15, 0.2) is 24.3 Å². The van der Waals surface area contributed by atoms with Crippen molar-refractivity contribution in [2.45, 2.75) is 45.7 Å². The molecule has 0 aromatic heterocycles. The van der Waals surface area contributed by atoms with E-state index in [4.69, 9.17) is 0 Å². The van der Waals surface area contributed by atoms with Crippen molar-refractivity contribution in [3.05, 3.63) is 29.8 Å². The molecule has 1 saturated heterocycles. The molecule has 1 aliphatic rings. The highest BCUT2D eigenvalue weighted by molar-refractivity contribution is 5.48. The molecule has 1 atom stereocenters. The second-order valence-corrected chi connectivity index (χ2v) is 6.25. The normalized spacial score (nSPS) is 16.9. The summed E-state index contributed by atoms with van der Waals surface area (Å²) in [5, 5.41) is 12.8. The summed E-state index contributed by atoms with van der Waals surface area (Å²) in [5.41, 5.74) is 2.63. The maximum Gasteiger partial charge on any atom is 0.0584 e. The van der Waals surface area contributed by atoms with Gasteiger partial charge in [0.1, 0.15) is 0 Å². The van der Waals surface area contributed by atoms with Crippen LogP contribution in [0.2, 0.25) is 0 Å². The minimum absolute atomic E-state index is 0.202. The standard InChI is InChI=1S/C17H28N2O/c1-14(2)11-16(13-20)18-12-15-5-7-17(8-6-15)19-9-3-4-10-19/h5-8,14,16,18,20H,3-4,9-13H2,1-2H3. The molecule has 0 saturated carbocycles. The van der Waals surface area contributed by atoms with E-state index < -0.39 is 0 Å². The number of nitrogens with one attached hydrogen (secondary N) is 1. The Labute approximate surface area is 123 Å². The first-order valence-corrected chi connectivity index (χ1v) is 7.87. The van der Waals surface area contributed by atoms with E-state index in [1.165, 1.54) is 37.2 Å². The Morgan fingerprint density at radius 1 is 1.15 bits per heavy atom. The third-order valence-electron chi connectivity index (χ3n) is 3.98. The minimum atomic E-state index is 0.202. The van der Waals surface area contributed by atoms with E-state index in [1.807, 2.05) is 0 Å². The fraction of sp³-hybridized carbons (Fsp3) is 0.647. The van der Waals surface area contributed by atoms with Crippen molar-refractivity contribution >= 4 is 5.69 Å². The van der Waals surface area contributed by atoms with Crippen LogP contribution in [-0.4, -0.2) is 30.8 Å². The Morgan fingerprint density at radius 3 is 2.35 bits per heavy atom. The third-order valence-corrected chi connectivity index (χ3v) is 3.98. The van der Waals surface area contributed by atoms with Gasteiger partial charge in [-0.05, 0) is 42.9 Å². The van der Waals surface area contributed by atoms with Crippen molar-refractivity contribution in [1.29, 1.82) is 0 Å². The van der Waals surface area contributed by atoms with Crippen LogP contribution in [0.25, 0.3) is 0 Å². The molecule has 0 spiro atoms. The summed E-state index contributed by atoms with van der Waals surface area (Å²) in [5.74, 6) is 0.609. The number of hydrogen-bond donors (Lipinski definition) is 2. The van der Waals surface area contributed by atoms with Gasteiger partial charge in [-0.25, -0.2) is 0 Å². The average molecular weight is 276 g/mol. The quantitative estimate of drug-likeness (QED) is 0.804. The number of rotatable bonds is 7. The Kier molecular flexibility index (Phi) is 5.86. The number of anilines is 1. The lowest BCUT2D eigenvalue weighted by atomic mass is 10.0. The van der Waals surface area contributed by atoms with Gasteiger partial charge < -0.3 is 15.3 Å². The van der Waals surface area contributed by atoms with Crippen LogP contribution in [0.1, 0.15) is 38.7 Å². The zero-order valence-corrected chi connectivity index (χ0v) is 12.8. The van der Waals surface area contributed by atoms with E-state index in [0.717, 1.165) is 13.0 Å². The van der Waals surface area contributed by atoms with Gasteiger partial charge >= 0.3 is 0 Å². The molecular weight excluding hydrogens is 248 g/mol. The Hall–Kier alpha value is -1.06. The lowest BCUT2D eigenvalue weighted by Crippen LogP contribution is -2.33. The molecule has 0 amide bonds. The molecule has 3 nitrogen and oxygen atoms in total. The van der Waals surface area contributed by atoms with Crippen LogP contribution < -0.4 is 10.2 Å². The first kappa shape index (κ1) is 15.3. The van der Waals surface area contributed by atoms with E-state index in [0.29, 0.717) is 5.92 Å². The molecule has 1 aliphatic heterocycles. The molecule has 0 radical (unpaired) electrons. The Balaban J connectivity index is 1.83. The Bertz CT molecular complexity index is 382. The lowest BCUT2D eigenvalue weighted by Gasteiger charge is -2.20. The summed E-state index contributed by atoms with van der Waals surface area (Å²) in [4.78, 5) is 2.45. The summed E-state index contributed by atoms with van der Waals surface area (Å²) < 4.78 is 0. The van der Waals surface area contributed by atoms with Crippen LogP contribution in [0.4, 0.5) is 5.69 Å². The molecule has 1 aromatic carbocycles. The van der Waals surface area contributed by atoms with Crippen LogP contribution in [-0.2, 0) is 6.54 Å². The summed E-state index contributed by atoms with van der Waals surface area (Å²) >= 11 is 0. The number of aliphatic hydroxyl groups excluding tert-OH is 1. The molecule has 0 bridgehead atoms. The van der Waals surface area contributed by atoms with Gasteiger partial charge in [-0.3, -0.25) is 0 Å². The van der Waals surface area contributed by atoms with Crippen molar-refractivity contribution < 1.29 is 5.11 Å². The fourth-order valence-corrected chi connectivity index (χ4v) is 2.85. The molecule has 112 valence electrons. The molecule has 3 heteroatoms. The van der Waals surface area contributed by atoms with Gasteiger partial charge in [0.05, 0.1) is 6.61 Å². The van der Waals surface area contributed by atoms with E-state index in [-0.39, 0.29) is 12.6 Å². The van der Waals surface area contributed by atoms with Crippen molar-refractivity contribution in [3.63, 3.8) is 0 Å². The van der Waals surface area contributed by atoms with Crippen molar-refractivity contribution in [1.82, 2.24) is 5.32 Å². The molecule has 1 unspecified atom stereocenters. The largest absolute Gasteiger partial charge is 0.395 e. The average Bonchev–Trinajstić information content (AvgIpc) is 2.97. The van der Waals surface area contributed by atoms with Gasteiger partial charge in [0.15, 0.2) is 0 Å². The van der Waals surface area contributed by atoms with Crippen LogP contribution in [0.3, 0.4) is 0 Å². The fourth-order valence-electron chi connectivity index (χ4n) is 2.85. The van der Waals surface area contributed by atoms with E-state index in [2.05, 4.69) is 48.3 Å². The van der Waals surface area contributed by atoms with Crippen molar-refractivity contribution in [2.24, 2.45) is 5.92 Å². The van der Waals surface area contributed by atoms with Crippen LogP contribution in [0, 0.1) is 5.92 Å². The monoisotopic (exact) mass is 276 g/mol. The van der Waals surface area contributed by atoms with Gasteiger partial charge in [-0.1, -0.05) is 26.0 Å². The highest BCUT2D eigenvalue weighted by Crippen LogP contribution is 2.20. The highest BCUT2D eigenvalue weighted by Gasteiger charge is 2.12. The smallest absolute Gasteiger partial charge is 0.0584 e. The predicted molar refractivity (Wildman–Crippen MR) is 85.1 cm³/mol. The van der Waals surface area contributed by atoms with Gasteiger partial charge in [0.2, 0.25) is 0 Å². The molecule has 1 heterocycles. The zero-order valence-electron chi connectivity index (χ0n) is 12.8. The summed E-state index contributed by atoms with van der Waals surface area (Å²) in [7, 11) is 0. The lowest BCUT2D eigenvalue weighted by molar-refractivity contribution is 0.223. The highest BCUT2D eigenvalue weighted by atomic mass is 16.3. The summed E-state index contributed by atoms with van der Waals surface area (Å²) in [6, 6.07) is 9.04. The molecule has 1 fully saturated rings. The van der Waals surface area contributed by atoms with E-state index >= 15 is 0 Å². The second kappa shape index (κ2) is 7.65. The molecular formula is C17H28N2O. The number of nitrogens with zero attached hydrogens (tertiary/aromatic N) is 1. The first-order chi connectivity index (χ1) is 9.69. The maximum atomic E-state index is 9.37. The van der Waals surface area contributed by atoms with Crippen LogP contribution >= 0.6 is 0 Å². The molecule has 0 aliphatic carbocycles. The van der Waals surface area contributed by atoms with E-state index in [9.17, 15) is 5.11 Å². The maximum absolute atomic E-state index is 9.37. The topological polar surface area (TPSA) is 35.5 Å². The van der Waals surface area contributed by atoms with Gasteiger partial charge in [-0.2, -0.15) is 0 Å². The SMILES string of the molecule is CC(C)CC(CO)NCc1ccc(N2CCCC2)cc1. The summed E-state index contributed by atoms with van der Waals surface area (Å²) in [6.45, 7) is 7.81. The zero-order chi connectivity index (χ0) is 14.4. The molecule has 2 rings (SSSR count). The predicted octanol–water partition coefficient (Wildman–Crippen LogP) is 2.78. The first-order valence-electron chi connectivity index (χ1n) is 7.87. The summed E-state index contributed by atoms with van der Waals surface area (Å²) in [6.07, 6.45) is 3.65. The Morgan fingerprint density at radius 2 is 1.80 bits per heavy atom. The molecule has 1 aromatic rings. The molecule has 20 heavy (non-hydrogen) atoms. The second-order valence-electron chi connectivity index (χ2n) is 6.25. The third kappa shape index (κ3) is 4.50. The van der Waals surface area contributed by atoms with Crippen LogP contribution in [0.5, 0.6) is 0 Å². The molecule has 2 N–H and O–H groups in total. The van der Waals surface area contributed by atoms with Crippen molar-refractivity contribution in [3.8, 4) is 0 Å². The van der Waals surface area contributed by atoms with Gasteiger partial charge in [0, 0.05) is 31.4 Å². The van der Waals surface area contributed by atoms with Gasteiger partial charge in [0.25, 0.3) is 0 Å².